The van der Waals surface area contributed by atoms with Crippen molar-refractivity contribution in [1.29, 1.82) is 0 Å². The van der Waals surface area contributed by atoms with Gasteiger partial charge in [-0.2, -0.15) is 0 Å². The molecule has 0 saturated carbocycles. The molecule has 3 aromatic rings. The number of anilines is 1. The normalized spacial score (nSPS) is 10.1. The summed E-state index contributed by atoms with van der Waals surface area (Å²) in [5, 5.41) is 2.61. The summed E-state index contributed by atoms with van der Waals surface area (Å²) in [6, 6.07) is 15.2. The Kier molecular flexibility index (Phi) is 7.12. The zero-order valence-corrected chi connectivity index (χ0v) is 18.2. The first-order valence-electron chi connectivity index (χ1n) is 9.67. The Morgan fingerprint density at radius 3 is 2.06 bits per heavy atom. The second kappa shape index (κ2) is 10.2. The van der Waals surface area contributed by atoms with Gasteiger partial charge in [0.15, 0.2) is 11.5 Å². The number of hydrogen-bond donors (Lipinski definition) is 3. The molecule has 0 fully saturated rings. The second-order valence-corrected chi connectivity index (χ2v) is 6.64. The third-order valence-electron chi connectivity index (χ3n) is 4.61. The van der Waals surface area contributed by atoms with Crippen molar-refractivity contribution in [1.82, 2.24) is 15.8 Å². The van der Waals surface area contributed by atoms with Crippen LogP contribution in [0.3, 0.4) is 0 Å². The number of nitrogens with zero attached hydrogens (tertiary/aromatic N) is 1. The lowest BCUT2D eigenvalue weighted by molar-refractivity contribution is 0.0937. The molecule has 9 nitrogen and oxygen atoms in total. The van der Waals surface area contributed by atoms with Crippen LogP contribution in [0, 0.1) is 6.92 Å². The van der Waals surface area contributed by atoms with Gasteiger partial charge >= 0.3 is 6.03 Å². The van der Waals surface area contributed by atoms with E-state index in [9.17, 15) is 9.59 Å². The molecule has 166 valence electrons. The Bertz CT molecular complexity index is 1090. The minimum atomic E-state index is -0.566. The van der Waals surface area contributed by atoms with Crippen LogP contribution in [0.25, 0.3) is 11.3 Å². The first-order valence-corrected chi connectivity index (χ1v) is 9.67. The number of benzene rings is 2. The van der Waals surface area contributed by atoms with E-state index >= 15 is 0 Å². The van der Waals surface area contributed by atoms with E-state index in [1.54, 1.807) is 55.5 Å². The van der Waals surface area contributed by atoms with Crippen molar-refractivity contribution in [3.05, 3.63) is 65.9 Å². The number of pyridine rings is 1. The highest BCUT2D eigenvalue weighted by Crippen LogP contribution is 2.40. The third-order valence-corrected chi connectivity index (χ3v) is 4.61. The summed E-state index contributed by atoms with van der Waals surface area (Å²) in [4.78, 5) is 29.0. The predicted octanol–water partition coefficient (Wildman–Crippen LogP) is 3.55. The van der Waals surface area contributed by atoms with E-state index < -0.39 is 11.9 Å². The molecule has 32 heavy (non-hydrogen) atoms. The van der Waals surface area contributed by atoms with Gasteiger partial charge in [0.25, 0.3) is 5.91 Å². The minimum absolute atomic E-state index is 0.321. The van der Waals surface area contributed by atoms with E-state index in [0.29, 0.717) is 39.9 Å². The molecule has 0 radical (unpaired) electrons. The lowest BCUT2D eigenvalue weighted by Gasteiger charge is -2.15. The number of nitrogens with one attached hydrogen (secondary N) is 3. The van der Waals surface area contributed by atoms with E-state index in [1.165, 1.54) is 21.3 Å². The number of carbonyl (C=O) groups is 2. The van der Waals surface area contributed by atoms with Crippen molar-refractivity contribution in [3.63, 3.8) is 0 Å². The topological polar surface area (TPSA) is 111 Å². The zero-order valence-electron chi connectivity index (χ0n) is 18.2. The average molecular weight is 436 g/mol. The van der Waals surface area contributed by atoms with Gasteiger partial charge in [0, 0.05) is 11.3 Å². The predicted molar refractivity (Wildman–Crippen MR) is 120 cm³/mol. The Hall–Kier alpha value is -4.27. The van der Waals surface area contributed by atoms with E-state index in [1.807, 2.05) is 6.07 Å². The van der Waals surface area contributed by atoms with Crippen molar-refractivity contribution >= 4 is 17.6 Å². The SMILES string of the molecule is COc1cc(-c2ccc(C(=O)NNC(=O)Nc3ccccc3)c(C)n2)cc(OC)c1OC. The molecule has 0 saturated heterocycles. The van der Waals surface area contributed by atoms with Gasteiger partial charge in [-0.15, -0.1) is 0 Å². The fourth-order valence-corrected chi connectivity index (χ4v) is 3.06. The van der Waals surface area contributed by atoms with Gasteiger partial charge < -0.3 is 19.5 Å². The number of hydrogen-bond acceptors (Lipinski definition) is 6. The van der Waals surface area contributed by atoms with Gasteiger partial charge in [-0.05, 0) is 43.3 Å². The molecule has 0 atom stereocenters. The molecule has 0 aliphatic heterocycles. The first kappa shape index (κ1) is 22.4. The zero-order chi connectivity index (χ0) is 23.1. The molecule has 1 aromatic heterocycles. The first-order chi connectivity index (χ1) is 15.5. The minimum Gasteiger partial charge on any atom is -0.493 e. The van der Waals surface area contributed by atoms with Crippen molar-refractivity contribution < 1.29 is 23.8 Å². The maximum absolute atomic E-state index is 12.5. The quantitative estimate of drug-likeness (QED) is 0.510. The molecule has 9 heteroatoms. The van der Waals surface area contributed by atoms with Crippen molar-refractivity contribution in [2.45, 2.75) is 6.92 Å². The Morgan fingerprint density at radius 2 is 1.50 bits per heavy atom. The lowest BCUT2D eigenvalue weighted by atomic mass is 10.1. The lowest BCUT2D eigenvalue weighted by Crippen LogP contribution is -2.44. The van der Waals surface area contributed by atoms with Crippen molar-refractivity contribution in [2.24, 2.45) is 0 Å². The molecule has 3 N–H and O–H groups in total. The molecule has 0 aliphatic rings. The highest BCUT2D eigenvalue weighted by Gasteiger charge is 2.17. The van der Waals surface area contributed by atoms with E-state index in [-0.39, 0.29) is 0 Å². The van der Waals surface area contributed by atoms with Gasteiger partial charge in [0.05, 0.1) is 38.3 Å². The summed E-state index contributed by atoms with van der Waals surface area (Å²) < 4.78 is 16.1. The van der Waals surface area contributed by atoms with Crippen LogP contribution < -0.4 is 30.4 Å². The van der Waals surface area contributed by atoms with Crippen LogP contribution in [0.1, 0.15) is 16.1 Å². The summed E-state index contributed by atoms with van der Waals surface area (Å²) >= 11 is 0. The average Bonchev–Trinajstić information content (AvgIpc) is 2.82. The Labute approximate surface area is 185 Å². The molecule has 2 aromatic carbocycles. The Balaban J connectivity index is 1.73. The number of amides is 3. The summed E-state index contributed by atoms with van der Waals surface area (Å²) in [5.41, 5.74) is 7.45. The van der Waals surface area contributed by atoms with Gasteiger partial charge in [-0.25, -0.2) is 10.2 Å². The van der Waals surface area contributed by atoms with Crippen LogP contribution in [-0.2, 0) is 0 Å². The second-order valence-electron chi connectivity index (χ2n) is 6.64. The van der Waals surface area contributed by atoms with Gasteiger partial charge in [-0.3, -0.25) is 15.2 Å². The smallest absolute Gasteiger partial charge is 0.337 e. The number of aromatic nitrogens is 1. The maximum Gasteiger partial charge on any atom is 0.337 e. The fraction of sp³-hybridized carbons (Fsp3) is 0.174. The summed E-state index contributed by atoms with van der Waals surface area (Å²) in [7, 11) is 4.60. The number of methoxy groups -OCH3 is 3. The number of rotatable bonds is 6. The highest BCUT2D eigenvalue weighted by molar-refractivity contribution is 5.98. The third kappa shape index (κ3) is 5.07. The maximum atomic E-state index is 12.5. The fourth-order valence-electron chi connectivity index (χ4n) is 3.06. The summed E-state index contributed by atoms with van der Waals surface area (Å²) in [6.07, 6.45) is 0. The standard InChI is InChI=1S/C23H24N4O5/c1-14-17(22(28)26-27-23(29)25-16-8-6-5-7-9-16)10-11-18(24-14)15-12-19(30-2)21(32-4)20(13-15)31-3/h5-13H,1-4H3,(H,26,28)(H2,25,27,29). The Morgan fingerprint density at radius 1 is 0.844 bits per heavy atom. The number of carbonyl (C=O) groups excluding carboxylic acids is 2. The molecule has 0 bridgehead atoms. The number of para-hydroxylation sites is 1. The number of ether oxygens (including phenoxy) is 3. The van der Waals surface area contributed by atoms with Crippen LogP contribution in [0.5, 0.6) is 17.2 Å². The monoisotopic (exact) mass is 436 g/mol. The van der Waals surface area contributed by atoms with E-state index in [4.69, 9.17) is 14.2 Å². The molecule has 1 heterocycles. The summed E-state index contributed by atoms with van der Waals surface area (Å²) in [5.74, 6) is 0.981. The van der Waals surface area contributed by atoms with Crippen LogP contribution in [0.15, 0.2) is 54.6 Å². The molecule has 0 unspecified atom stereocenters. The van der Waals surface area contributed by atoms with Crippen molar-refractivity contribution in [3.8, 4) is 28.5 Å². The van der Waals surface area contributed by atoms with E-state index in [0.717, 1.165) is 5.56 Å². The number of aryl methyl sites for hydroxylation is 1. The van der Waals surface area contributed by atoms with Crippen LogP contribution in [0.2, 0.25) is 0 Å². The summed E-state index contributed by atoms with van der Waals surface area (Å²) in [6.45, 7) is 1.71. The molecule has 3 amide bonds. The van der Waals surface area contributed by atoms with Crippen LogP contribution in [0.4, 0.5) is 10.5 Å². The van der Waals surface area contributed by atoms with Crippen molar-refractivity contribution in [2.75, 3.05) is 26.6 Å². The van der Waals surface area contributed by atoms with Crippen LogP contribution in [-0.4, -0.2) is 38.3 Å². The molecule has 0 spiro atoms. The highest BCUT2D eigenvalue weighted by atomic mass is 16.5. The molecule has 0 aliphatic carbocycles. The van der Waals surface area contributed by atoms with Crippen LogP contribution >= 0.6 is 0 Å². The molecule has 3 rings (SSSR count). The number of hydrazine groups is 1. The van der Waals surface area contributed by atoms with E-state index in [2.05, 4.69) is 21.2 Å². The molecular weight excluding hydrogens is 412 g/mol. The molecular formula is C23H24N4O5. The van der Waals surface area contributed by atoms with Gasteiger partial charge in [0.2, 0.25) is 5.75 Å². The largest absolute Gasteiger partial charge is 0.493 e. The number of urea groups is 1. The van der Waals surface area contributed by atoms with Gasteiger partial charge in [-0.1, -0.05) is 18.2 Å². The van der Waals surface area contributed by atoms with Gasteiger partial charge in [0.1, 0.15) is 0 Å².